The van der Waals surface area contributed by atoms with Gasteiger partial charge in [0.25, 0.3) is 0 Å². The van der Waals surface area contributed by atoms with Gasteiger partial charge in [0.05, 0.1) is 24.7 Å². The molecule has 0 radical (unpaired) electrons. The van der Waals surface area contributed by atoms with Crippen molar-refractivity contribution in [3.63, 3.8) is 0 Å². The first kappa shape index (κ1) is 24.5. The summed E-state index contributed by atoms with van der Waals surface area (Å²) in [5.74, 6) is 0.0134. The van der Waals surface area contributed by atoms with E-state index in [1.807, 2.05) is 13.0 Å². The lowest BCUT2D eigenvalue weighted by Crippen LogP contribution is -2.53. The summed E-state index contributed by atoms with van der Waals surface area (Å²) in [6.07, 6.45) is 1.78. The third-order valence-electron chi connectivity index (χ3n) is 5.97. The van der Waals surface area contributed by atoms with Gasteiger partial charge in [0.15, 0.2) is 14.1 Å². The predicted octanol–water partition coefficient (Wildman–Crippen LogP) is 3.77. The Morgan fingerprint density at radius 3 is 2.19 bits per heavy atom. The Morgan fingerprint density at radius 1 is 1.11 bits per heavy atom. The lowest BCUT2D eigenvalue weighted by atomic mass is 9.67. The van der Waals surface area contributed by atoms with E-state index in [4.69, 9.17) is 23.4 Å². The minimum absolute atomic E-state index is 0.0258. The highest BCUT2D eigenvalue weighted by Crippen LogP contribution is 2.44. The Balaban J connectivity index is 3.16. The number of rotatable bonds is 10. The lowest BCUT2D eigenvalue weighted by molar-refractivity contribution is -0.141. The van der Waals surface area contributed by atoms with E-state index in [1.165, 1.54) is 0 Å². The third-order valence-corrected chi connectivity index (χ3v) is 10.4. The second kappa shape index (κ2) is 9.76. The van der Waals surface area contributed by atoms with Crippen molar-refractivity contribution in [3.8, 4) is 0 Å². The zero-order valence-corrected chi connectivity index (χ0v) is 19.5. The lowest BCUT2D eigenvalue weighted by Gasteiger charge is -2.46. The zero-order valence-electron chi connectivity index (χ0n) is 18.5. The molecular formula is C20H38O6Si. The summed E-state index contributed by atoms with van der Waals surface area (Å²) >= 11 is 0. The first-order valence-corrected chi connectivity index (χ1v) is 12.4. The Bertz CT molecular complexity index is 525. The summed E-state index contributed by atoms with van der Waals surface area (Å²) in [7, 11) is 1.12. The molecule has 0 aromatic rings. The van der Waals surface area contributed by atoms with E-state index in [9.17, 15) is 4.79 Å². The van der Waals surface area contributed by atoms with Crippen LogP contribution < -0.4 is 0 Å². The molecule has 27 heavy (non-hydrogen) atoms. The van der Waals surface area contributed by atoms with Crippen LogP contribution >= 0.6 is 0 Å². The van der Waals surface area contributed by atoms with Gasteiger partial charge < -0.3 is 23.4 Å². The second-order valence-electron chi connectivity index (χ2n) is 9.08. The van der Waals surface area contributed by atoms with Gasteiger partial charge in [-0.05, 0) is 37.0 Å². The molecule has 0 spiro atoms. The molecule has 0 amide bonds. The van der Waals surface area contributed by atoms with Gasteiger partial charge in [-0.2, -0.15) is 0 Å². The van der Waals surface area contributed by atoms with Crippen LogP contribution in [0.25, 0.3) is 0 Å². The molecule has 1 aliphatic rings. The Hall–Kier alpha value is -0.573. The van der Waals surface area contributed by atoms with Crippen LogP contribution in [-0.2, 0) is 28.2 Å². The second-order valence-corrected chi connectivity index (χ2v) is 13.8. The van der Waals surface area contributed by atoms with Crippen LogP contribution in [0.1, 0.15) is 34.6 Å². The van der Waals surface area contributed by atoms with Crippen molar-refractivity contribution >= 4 is 14.1 Å². The molecule has 0 aromatic carbocycles. The van der Waals surface area contributed by atoms with Gasteiger partial charge in [0.2, 0.25) is 0 Å². The number of ether oxygens (including phenoxy) is 4. The molecule has 0 N–H and O–H groups in total. The molecule has 158 valence electrons. The average molecular weight is 403 g/mol. The van der Waals surface area contributed by atoms with Gasteiger partial charge in [0, 0.05) is 19.8 Å². The van der Waals surface area contributed by atoms with E-state index in [0.717, 1.165) is 0 Å². The molecule has 0 fully saturated rings. The highest BCUT2D eigenvalue weighted by molar-refractivity contribution is 6.74. The number of Topliss-reactive ketones (excluding diaryl/α,β-unsaturated/α-hetero) is 1. The van der Waals surface area contributed by atoms with Crippen LogP contribution in [0.5, 0.6) is 0 Å². The van der Waals surface area contributed by atoms with Crippen molar-refractivity contribution in [2.75, 3.05) is 41.0 Å². The van der Waals surface area contributed by atoms with Crippen LogP contribution in [0.4, 0.5) is 0 Å². The quantitative estimate of drug-likeness (QED) is 0.315. The minimum Gasteiger partial charge on any atom is -0.410 e. The maximum absolute atomic E-state index is 13.2. The van der Waals surface area contributed by atoms with E-state index < -0.39 is 13.7 Å². The van der Waals surface area contributed by atoms with Gasteiger partial charge >= 0.3 is 0 Å². The topological polar surface area (TPSA) is 63.2 Å². The maximum atomic E-state index is 13.2. The van der Waals surface area contributed by atoms with Crippen LogP contribution in [0.2, 0.25) is 18.1 Å². The van der Waals surface area contributed by atoms with Crippen LogP contribution in [0.15, 0.2) is 11.6 Å². The largest absolute Gasteiger partial charge is 0.410 e. The fourth-order valence-corrected chi connectivity index (χ4v) is 4.20. The van der Waals surface area contributed by atoms with Crippen molar-refractivity contribution in [2.45, 2.75) is 58.9 Å². The van der Waals surface area contributed by atoms with E-state index in [1.54, 1.807) is 14.2 Å². The summed E-state index contributed by atoms with van der Waals surface area (Å²) in [4.78, 5) is 13.2. The molecule has 0 heterocycles. The normalized spacial score (nSPS) is 27.0. The molecule has 1 aliphatic carbocycles. The predicted molar refractivity (Wildman–Crippen MR) is 108 cm³/mol. The average Bonchev–Trinajstić information content (AvgIpc) is 2.56. The van der Waals surface area contributed by atoms with Crippen LogP contribution in [-0.4, -0.2) is 61.2 Å². The number of hydrogen-bond donors (Lipinski definition) is 0. The molecule has 6 nitrogen and oxygen atoms in total. The molecule has 3 atom stereocenters. The van der Waals surface area contributed by atoms with Gasteiger partial charge in [-0.15, -0.1) is 0 Å². The van der Waals surface area contributed by atoms with E-state index in [2.05, 4.69) is 40.8 Å². The van der Waals surface area contributed by atoms with Crippen molar-refractivity contribution in [1.29, 1.82) is 0 Å². The molecule has 1 rings (SSSR count). The zero-order chi connectivity index (χ0) is 20.9. The highest BCUT2D eigenvalue weighted by Gasteiger charge is 2.50. The highest BCUT2D eigenvalue weighted by atomic mass is 28.4. The molecule has 7 heteroatoms. The van der Waals surface area contributed by atoms with Crippen molar-refractivity contribution in [1.82, 2.24) is 0 Å². The standard InChI is InChI=1S/C20H38O6Si/c1-15-17(26-27(8,9)19(2,3)4)10-16(11-24-13-22-6)18(21)20(15,5)12-25-14-23-7/h10,15,17H,11-14H2,1-9H3/t15-,17+,20-/m0/s1. The minimum atomic E-state index is -2.01. The summed E-state index contributed by atoms with van der Waals surface area (Å²) in [6, 6.07) is 0. The summed E-state index contributed by atoms with van der Waals surface area (Å²) < 4.78 is 27.7. The maximum Gasteiger partial charge on any atom is 0.192 e. The first-order valence-electron chi connectivity index (χ1n) is 9.47. The van der Waals surface area contributed by atoms with Crippen LogP contribution in [0, 0.1) is 11.3 Å². The Labute approximate surface area is 165 Å². The van der Waals surface area contributed by atoms with Crippen molar-refractivity contribution in [3.05, 3.63) is 11.6 Å². The number of carbonyl (C=O) groups excluding carboxylic acids is 1. The first-order chi connectivity index (χ1) is 12.4. The molecule has 0 aromatic heterocycles. The van der Waals surface area contributed by atoms with Crippen molar-refractivity contribution < 1.29 is 28.2 Å². The van der Waals surface area contributed by atoms with Gasteiger partial charge in [0.1, 0.15) is 13.6 Å². The molecular weight excluding hydrogens is 364 g/mol. The van der Waals surface area contributed by atoms with E-state index in [0.29, 0.717) is 5.57 Å². The number of hydrogen-bond acceptors (Lipinski definition) is 6. The van der Waals surface area contributed by atoms with Gasteiger partial charge in [-0.1, -0.05) is 27.7 Å². The summed E-state index contributed by atoms with van der Waals surface area (Å²) in [6.45, 7) is 15.9. The molecule has 0 saturated carbocycles. The number of carbonyl (C=O) groups is 1. The van der Waals surface area contributed by atoms with Gasteiger partial charge in [-0.3, -0.25) is 4.79 Å². The fourth-order valence-electron chi connectivity index (χ4n) is 2.89. The van der Waals surface area contributed by atoms with E-state index in [-0.39, 0.29) is 49.6 Å². The number of ketones is 1. The molecule has 0 saturated heterocycles. The summed E-state index contributed by atoms with van der Waals surface area (Å²) in [5, 5.41) is 0.0810. The van der Waals surface area contributed by atoms with Crippen molar-refractivity contribution in [2.24, 2.45) is 11.3 Å². The Morgan fingerprint density at radius 2 is 1.67 bits per heavy atom. The number of methoxy groups -OCH3 is 2. The van der Waals surface area contributed by atoms with Crippen LogP contribution in [0.3, 0.4) is 0 Å². The smallest absolute Gasteiger partial charge is 0.192 e. The molecule has 0 bridgehead atoms. The van der Waals surface area contributed by atoms with E-state index >= 15 is 0 Å². The van der Waals surface area contributed by atoms with Gasteiger partial charge in [-0.25, -0.2) is 0 Å². The summed E-state index contributed by atoms with van der Waals surface area (Å²) in [5.41, 5.74) is -0.0797. The SMILES string of the molecule is COCOCC1=C[C@@H](O[Si](C)(C)C(C)(C)C)[C@H](C)[C@](C)(COCOC)C1=O. The Kier molecular flexibility index (Phi) is 8.84. The monoisotopic (exact) mass is 402 g/mol. The molecule has 0 aliphatic heterocycles. The molecule has 0 unspecified atom stereocenters. The third kappa shape index (κ3) is 5.95. The fraction of sp³-hybridized carbons (Fsp3) is 0.850.